The fraction of sp³-hybridized carbons (Fsp3) is 0.312. The summed E-state index contributed by atoms with van der Waals surface area (Å²) in [7, 11) is 0. The molecule has 7 heteroatoms. The Kier molecular flexibility index (Phi) is 5.20. The van der Waals surface area contributed by atoms with Gasteiger partial charge in [0.15, 0.2) is 0 Å². The van der Waals surface area contributed by atoms with Crippen molar-refractivity contribution in [1.82, 2.24) is 15.2 Å². The summed E-state index contributed by atoms with van der Waals surface area (Å²) in [4.78, 5) is 23.1. The number of aromatic nitrogens is 1. The minimum atomic E-state index is -0.357. The largest absolute Gasteiger partial charge is 0.443 e. The Hall–Kier alpha value is -3.01. The second-order valence-electron chi connectivity index (χ2n) is 5.01. The minimum absolute atomic E-state index is 0.106. The lowest BCUT2D eigenvalue weighted by molar-refractivity contribution is -0.118. The summed E-state index contributed by atoms with van der Waals surface area (Å²) in [5, 5.41) is 14.8. The topological polar surface area (TPSA) is 100 Å². The van der Waals surface area contributed by atoms with E-state index >= 15 is 0 Å². The number of carbonyl (C=O) groups excluding carboxylic acids is 2. The summed E-state index contributed by atoms with van der Waals surface area (Å²) in [5.41, 5.74) is 0.453. The third kappa shape index (κ3) is 3.80. The molecular formula is C16H18N4O3. The Labute approximate surface area is 133 Å². The van der Waals surface area contributed by atoms with Crippen molar-refractivity contribution in [2.45, 2.75) is 20.3 Å². The zero-order valence-electron chi connectivity index (χ0n) is 13.0. The number of nitrogens with zero attached hydrogens (tertiary/aromatic N) is 2. The van der Waals surface area contributed by atoms with E-state index < -0.39 is 0 Å². The molecule has 0 aliphatic rings. The van der Waals surface area contributed by atoms with E-state index in [-0.39, 0.29) is 22.9 Å². The van der Waals surface area contributed by atoms with Crippen LogP contribution in [0.5, 0.6) is 0 Å². The molecule has 2 heterocycles. The summed E-state index contributed by atoms with van der Waals surface area (Å²) >= 11 is 0. The van der Waals surface area contributed by atoms with Gasteiger partial charge in [0.25, 0.3) is 5.91 Å². The molecule has 2 aromatic rings. The average molecular weight is 314 g/mol. The van der Waals surface area contributed by atoms with Crippen LogP contribution in [0.4, 0.5) is 0 Å². The van der Waals surface area contributed by atoms with Gasteiger partial charge in [-0.05, 0) is 25.5 Å². The number of hydrogen-bond donors (Lipinski definition) is 2. The average Bonchev–Trinajstić information content (AvgIpc) is 3.13. The van der Waals surface area contributed by atoms with Crippen molar-refractivity contribution in [3.05, 3.63) is 41.4 Å². The fourth-order valence-corrected chi connectivity index (χ4v) is 2.20. The lowest BCUT2D eigenvalue weighted by Crippen LogP contribution is -2.29. The number of aryl methyl sites for hydroxylation is 1. The molecule has 0 spiro atoms. The highest BCUT2D eigenvalue weighted by Crippen LogP contribution is 2.25. The summed E-state index contributed by atoms with van der Waals surface area (Å²) in [5.74, 6) is 0.261. The molecule has 0 bridgehead atoms. The first-order valence-electron chi connectivity index (χ1n) is 7.24. The summed E-state index contributed by atoms with van der Waals surface area (Å²) in [6.45, 7) is 3.97. The zero-order chi connectivity index (χ0) is 16.8. The van der Waals surface area contributed by atoms with Gasteiger partial charge in [0.2, 0.25) is 11.8 Å². The van der Waals surface area contributed by atoms with Gasteiger partial charge in [0.05, 0.1) is 0 Å². The maximum absolute atomic E-state index is 12.3. The van der Waals surface area contributed by atoms with Crippen molar-refractivity contribution in [2.24, 2.45) is 0 Å². The van der Waals surface area contributed by atoms with E-state index in [1.807, 2.05) is 6.07 Å². The third-order valence-corrected chi connectivity index (χ3v) is 3.26. The van der Waals surface area contributed by atoms with Crippen LogP contribution in [0.3, 0.4) is 0 Å². The Bertz CT molecular complexity index is 738. The van der Waals surface area contributed by atoms with Crippen LogP contribution in [0.1, 0.15) is 35.0 Å². The van der Waals surface area contributed by atoms with Gasteiger partial charge in [-0.3, -0.25) is 14.2 Å². The molecule has 0 radical (unpaired) electrons. The zero-order valence-corrected chi connectivity index (χ0v) is 13.0. The van der Waals surface area contributed by atoms with Gasteiger partial charge in [-0.15, -0.1) is 0 Å². The number of rotatable bonds is 6. The summed E-state index contributed by atoms with van der Waals surface area (Å²) < 4.78 is 7.24. The van der Waals surface area contributed by atoms with E-state index in [1.165, 1.54) is 6.92 Å². The van der Waals surface area contributed by atoms with E-state index in [2.05, 4.69) is 10.6 Å². The molecule has 0 atom stereocenters. The lowest BCUT2D eigenvalue weighted by Gasteiger charge is -2.05. The highest BCUT2D eigenvalue weighted by Gasteiger charge is 2.24. The van der Waals surface area contributed by atoms with Gasteiger partial charge in [0.1, 0.15) is 23.0 Å². The molecule has 0 unspecified atom stereocenters. The Morgan fingerprint density at radius 2 is 1.91 bits per heavy atom. The van der Waals surface area contributed by atoms with Crippen molar-refractivity contribution in [3.8, 4) is 12.0 Å². The molecule has 0 aliphatic heterocycles. The van der Waals surface area contributed by atoms with Crippen LogP contribution >= 0.6 is 0 Å². The number of furan rings is 1. The normalized spacial score (nSPS) is 10.1. The third-order valence-electron chi connectivity index (χ3n) is 3.26. The van der Waals surface area contributed by atoms with Crippen molar-refractivity contribution in [3.63, 3.8) is 0 Å². The van der Waals surface area contributed by atoms with Crippen LogP contribution in [-0.2, 0) is 4.79 Å². The summed E-state index contributed by atoms with van der Waals surface area (Å²) in [6.07, 6.45) is 4.09. The maximum atomic E-state index is 12.3. The molecule has 2 aromatic heterocycles. The van der Waals surface area contributed by atoms with E-state index in [9.17, 15) is 14.9 Å². The van der Waals surface area contributed by atoms with Gasteiger partial charge in [0, 0.05) is 32.4 Å². The maximum Gasteiger partial charge on any atom is 0.256 e. The lowest BCUT2D eigenvalue weighted by atomic mass is 10.1. The number of nitrogens with one attached hydrogen (secondary N) is 2. The van der Waals surface area contributed by atoms with E-state index in [4.69, 9.17) is 4.42 Å². The quantitative estimate of drug-likeness (QED) is 0.789. The molecule has 0 aromatic carbocycles. The predicted octanol–water partition coefficient (Wildman–Crippen LogP) is 1.51. The van der Waals surface area contributed by atoms with Crippen molar-refractivity contribution in [2.75, 3.05) is 13.1 Å². The first kappa shape index (κ1) is 16.4. The van der Waals surface area contributed by atoms with Gasteiger partial charge in [-0.1, -0.05) is 0 Å². The van der Waals surface area contributed by atoms with Gasteiger partial charge in [-0.2, -0.15) is 5.26 Å². The van der Waals surface area contributed by atoms with E-state index in [0.717, 1.165) is 0 Å². The van der Waals surface area contributed by atoms with Crippen LogP contribution in [0.15, 0.2) is 28.9 Å². The molecule has 2 N–H and O–H groups in total. The molecule has 0 fully saturated rings. The Balaban J connectivity index is 2.09. The van der Waals surface area contributed by atoms with Crippen LogP contribution in [0.25, 0.3) is 5.88 Å². The number of amides is 2. The number of carbonyl (C=O) groups is 2. The molecule has 23 heavy (non-hydrogen) atoms. The molecule has 2 rings (SSSR count). The van der Waals surface area contributed by atoms with Gasteiger partial charge in [-0.25, -0.2) is 0 Å². The van der Waals surface area contributed by atoms with Crippen LogP contribution in [0, 0.1) is 18.3 Å². The first-order chi connectivity index (χ1) is 11.0. The summed E-state index contributed by atoms with van der Waals surface area (Å²) in [6, 6.07) is 5.65. The Morgan fingerprint density at radius 1 is 1.26 bits per heavy atom. The molecule has 120 valence electrons. The van der Waals surface area contributed by atoms with E-state index in [0.29, 0.717) is 31.2 Å². The SMILES string of the molecule is CC(=O)NCCCNC(=O)c1c(C)oc(-n2cccc2)c1C#N. The van der Waals surface area contributed by atoms with Crippen LogP contribution < -0.4 is 10.6 Å². The van der Waals surface area contributed by atoms with Gasteiger partial charge >= 0.3 is 0 Å². The number of hydrogen-bond acceptors (Lipinski definition) is 4. The molecule has 0 aliphatic carbocycles. The second kappa shape index (κ2) is 7.31. The smallest absolute Gasteiger partial charge is 0.256 e. The molecule has 0 saturated carbocycles. The van der Waals surface area contributed by atoms with Crippen molar-refractivity contribution in [1.29, 1.82) is 5.26 Å². The molecule has 2 amide bonds. The Morgan fingerprint density at radius 3 is 2.52 bits per heavy atom. The first-order valence-corrected chi connectivity index (χ1v) is 7.24. The van der Waals surface area contributed by atoms with Crippen molar-refractivity contribution < 1.29 is 14.0 Å². The molecular weight excluding hydrogens is 296 g/mol. The highest BCUT2D eigenvalue weighted by atomic mass is 16.4. The minimum Gasteiger partial charge on any atom is -0.443 e. The molecule has 0 saturated heterocycles. The molecule has 7 nitrogen and oxygen atoms in total. The van der Waals surface area contributed by atoms with Crippen LogP contribution in [0.2, 0.25) is 0 Å². The highest BCUT2D eigenvalue weighted by molar-refractivity contribution is 5.98. The van der Waals surface area contributed by atoms with Crippen LogP contribution in [-0.4, -0.2) is 29.5 Å². The number of nitriles is 1. The fourth-order valence-electron chi connectivity index (χ4n) is 2.20. The monoisotopic (exact) mass is 314 g/mol. The van der Waals surface area contributed by atoms with E-state index in [1.54, 1.807) is 36.0 Å². The second-order valence-corrected chi connectivity index (χ2v) is 5.01. The van der Waals surface area contributed by atoms with Crippen molar-refractivity contribution >= 4 is 11.8 Å². The predicted molar refractivity (Wildman–Crippen MR) is 83.1 cm³/mol. The standard InChI is InChI=1S/C16H18N4O3/c1-11-14(15(22)19-7-5-6-18-12(2)21)13(10-17)16(23-11)20-8-3-4-9-20/h3-4,8-9H,5-7H2,1-2H3,(H,18,21)(H,19,22). The van der Waals surface area contributed by atoms with Gasteiger partial charge < -0.3 is 15.1 Å².